The Bertz CT molecular complexity index is 869. The summed E-state index contributed by atoms with van der Waals surface area (Å²) in [6, 6.07) is 7.21. The molecule has 1 aromatic heterocycles. The van der Waals surface area contributed by atoms with E-state index < -0.39 is 29.3 Å². The highest BCUT2D eigenvalue weighted by Gasteiger charge is 2.27. The van der Waals surface area contributed by atoms with Crippen LogP contribution in [0, 0.1) is 5.92 Å². The van der Waals surface area contributed by atoms with Crippen LogP contribution < -0.4 is 16.6 Å². The molecule has 1 atom stereocenters. The molecule has 28 heavy (non-hydrogen) atoms. The van der Waals surface area contributed by atoms with Crippen LogP contribution in [0.3, 0.4) is 0 Å². The predicted octanol–water partition coefficient (Wildman–Crippen LogP) is 1.07. The van der Waals surface area contributed by atoms with E-state index in [0.29, 0.717) is 5.69 Å². The summed E-state index contributed by atoms with van der Waals surface area (Å²) in [6.07, 6.45) is 2.89. The summed E-state index contributed by atoms with van der Waals surface area (Å²) in [4.78, 5) is 40.0. The lowest BCUT2D eigenvalue weighted by atomic mass is 10.1. The Kier molecular flexibility index (Phi) is 6.53. The number of amides is 2. The number of carbonyl (C=O) groups is 3. The summed E-state index contributed by atoms with van der Waals surface area (Å²) in [5.74, 6) is 2.80. The van der Waals surface area contributed by atoms with Gasteiger partial charge in [0.25, 0.3) is 5.91 Å². The summed E-state index contributed by atoms with van der Waals surface area (Å²) in [5.41, 5.74) is 3.17. The maximum atomic E-state index is 12.2. The van der Waals surface area contributed by atoms with Crippen LogP contribution >= 0.6 is 0 Å². The van der Waals surface area contributed by atoms with Crippen LogP contribution in [0.2, 0.25) is 0 Å². The zero-order chi connectivity index (χ0) is 20.9. The molecule has 1 heterocycles. The Labute approximate surface area is 163 Å². The third-order valence-electron chi connectivity index (χ3n) is 3.81. The number of hydrogen-bond acceptors (Lipinski definition) is 6. The number of hydrogen-bond donors (Lipinski definition) is 3. The quantitative estimate of drug-likeness (QED) is 0.224. The molecule has 0 radical (unpaired) electrons. The number of hydrazine groups is 1. The van der Waals surface area contributed by atoms with Gasteiger partial charge in [-0.1, -0.05) is 12.1 Å². The highest BCUT2D eigenvalue weighted by molar-refractivity contribution is 5.97. The molecule has 0 aliphatic heterocycles. The van der Waals surface area contributed by atoms with E-state index in [4.69, 9.17) is 10.6 Å². The van der Waals surface area contributed by atoms with Crippen molar-refractivity contribution in [3.8, 4) is 5.69 Å². The number of nitrogens with one attached hydrogen (secondary N) is 2. The smallest absolute Gasteiger partial charge is 0.318 e. The first kappa shape index (κ1) is 21.1. The van der Waals surface area contributed by atoms with E-state index in [-0.39, 0.29) is 12.2 Å². The number of rotatable bonds is 6. The monoisotopic (exact) mass is 387 g/mol. The van der Waals surface area contributed by atoms with Gasteiger partial charge in [-0.2, -0.15) is 0 Å². The van der Waals surface area contributed by atoms with E-state index >= 15 is 0 Å². The van der Waals surface area contributed by atoms with Crippen LogP contribution in [-0.4, -0.2) is 32.9 Å². The number of benzene rings is 1. The average Bonchev–Trinajstić information content (AvgIpc) is 3.13. The Morgan fingerprint density at radius 3 is 2.64 bits per heavy atom. The molecule has 2 aromatic rings. The Morgan fingerprint density at radius 2 is 2.00 bits per heavy atom. The van der Waals surface area contributed by atoms with Crippen molar-refractivity contribution < 1.29 is 19.1 Å². The lowest BCUT2D eigenvalue weighted by molar-refractivity contribution is -0.161. The second-order valence-electron chi connectivity index (χ2n) is 7.27. The maximum absolute atomic E-state index is 12.2. The number of ether oxygens (including phenoxy) is 1. The topological polar surface area (TPSA) is 128 Å². The molecule has 2 rings (SSSR count). The fourth-order valence-corrected chi connectivity index (χ4v) is 2.40. The highest BCUT2D eigenvalue weighted by atomic mass is 16.6. The van der Waals surface area contributed by atoms with Gasteiger partial charge in [-0.3, -0.25) is 24.4 Å². The summed E-state index contributed by atoms with van der Waals surface area (Å²) in [5, 5.41) is 2.72. The minimum absolute atomic E-state index is 0.215. The van der Waals surface area contributed by atoms with Crippen molar-refractivity contribution in [1.29, 1.82) is 0 Å². The molecular formula is C19H25N5O4. The van der Waals surface area contributed by atoms with E-state index in [9.17, 15) is 14.4 Å². The normalized spacial score (nSPS) is 12.2. The molecule has 1 aromatic carbocycles. The second kappa shape index (κ2) is 8.66. The van der Waals surface area contributed by atoms with Crippen LogP contribution in [0.25, 0.3) is 5.69 Å². The molecule has 9 nitrogen and oxygen atoms in total. The summed E-state index contributed by atoms with van der Waals surface area (Å²) < 4.78 is 6.81. The van der Waals surface area contributed by atoms with Gasteiger partial charge in [-0.05, 0) is 45.4 Å². The fraction of sp³-hybridized carbons (Fsp3) is 0.368. The first-order valence-corrected chi connectivity index (χ1v) is 8.75. The number of esters is 1. The minimum atomic E-state index is -0.920. The maximum Gasteiger partial charge on any atom is 0.318 e. The Morgan fingerprint density at radius 1 is 1.29 bits per heavy atom. The fourth-order valence-electron chi connectivity index (χ4n) is 2.40. The van der Waals surface area contributed by atoms with Crippen molar-refractivity contribution in [2.24, 2.45) is 11.8 Å². The van der Waals surface area contributed by atoms with Crippen LogP contribution in [-0.2, 0) is 20.9 Å². The van der Waals surface area contributed by atoms with Crippen molar-refractivity contribution in [2.45, 2.75) is 39.8 Å². The highest BCUT2D eigenvalue weighted by Crippen LogP contribution is 2.14. The van der Waals surface area contributed by atoms with Crippen LogP contribution in [0.5, 0.6) is 0 Å². The van der Waals surface area contributed by atoms with E-state index in [0.717, 1.165) is 5.56 Å². The van der Waals surface area contributed by atoms with Gasteiger partial charge in [0.15, 0.2) is 0 Å². The molecule has 4 N–H and O–H groups in total. The zero-order valence-electron chi connectivity index (χ0n) is 16.4. The van der Waals surface area contributed by atoms with Crippen molar-refractivity contribution in [1.82, 2.24) is 20.3 Å². The molecule has 0 aliphatic rings. The third-order valence-corrected chi connectivity index (χ3v) is 3.81. The number of carbonyl (C=O) groups excluding carboxylic acids is 3. The SMILES string of the molecule is CC(C(=O)NCc1cccc(-n2cncc2C(=O)NN)c1)C(=O)OC(C)(C)C. The first-order valence-electron chi connectivity index (χ1n) is 8.75. The van der Waals surface area contributed by atoms with Crippen LogP contribution in [0.1, 0.15) is 43.7 Å². The van der Waals surface area contributed by atoms with Crippen LogP contribution in [0.15, 0.2) is 36.8 Å². The summed E-state index contributed by atoms with van der Waals surface area (Å²) >= 11 is 0. The molecule has 0 spiro atoms. The molecule has 9 heteroatoms. The molecule has 0 aliphatic carbocycles. The van der Waals surface area contributed by atoms with Crippen molar-refractivity contribution in [2.75, 3.05) is 0 Å². The summed E-state index contributed by atoms with van der Waals surface area (Å²) in [7, 11) is 0. The third kappa shape index (κ3) is 5.40. The molecule has 0 bridgehead atoms. The van der Waals surface area contributed by atoms with Gasteiger partial charge >= 0.3 is 5.97 Å². The molecular weight excluding hydrogens is 362 g/mol. The first-order chi connectivity index (χ1) is 13.1. The van der Waals surface area contributed by atoms with E-state index in [1.165, 1.54) is 19.4 Å². The van der Waals surface area contributed by atoms with E-state index in [2.05, 4.69) is 15.7 Å². The number of nitrogens with two attached hydrogens (primary N) is 1. The van der Waals surface area contributed by atoms with Gasteiger partial charge in [0.1, 0.15) is 17.2 Å². The van der Waals surface area contributed by atoms with Crippen molar-refractivity contribution in [3.05, 3.63) is 48.0 Å². The standard InChI is InChI=1S/C19H25N5O4/c1-12(18(27)28-19(2,3)4)16(25)22-9-13-6-5-7-14(8-13)24-11-21-10-15(24)17(26)23-20/h5-8,10-12H,9,20H2,1-4H3,(H,22,25)(H,23,26). The molecule has 0 fully saturated rings. The number of nitrogens with zero attached hydrogens (tertiary/aromatic N) is 2. The Balaban J connectivity index is 2.06. The molecule has 150 valence electrons. The van der Waals surface area contributed by atoms with Gasteiger partial charge < -0.3 is 10.1 Å². The van der Waals surface area contributed by atoms with Gasteiger partial charge in [0, 0.05) is 12.2 Å². The van der Waals surface area contributed by atoms with Gasteiger partial charge in [-0.25, -0.2) is 10.8 Å². The predicted molar refractivity (Wildman–Crippen MR) is 102 cm³/mol. The number of nitrogen functional groups attached to an aromatic ring is 1. The van der Waals surface area contributed by atoms with Crippen molar-refractivity contribution >= 4 is 17.8 Å². The summed E-state index contributed by atoms with van der Waals surface area (Å²) in [6.45, 7) is 6.96. The van der Waals surface area contributed by atoms with Gasteiger partial charge in [0.2, 0.25) is 5.91 Å². The Hall–Kier alpha value is -3.20. The lowest BCUT2D eigenvalue weighted by Crippen LogP contribution is -2.37. The number of aromatic nitrogens is 2. The van der Waals surface area contributed by atoms with E-state index in [1.54, 1.807) is 43.5 Å². The van der Waals surface area contributed by atoms with Gasteiger partial charge in [-0.15, -0.1) is 0 Å². The van der Waals surface area contributed by atoms with Gasteiger partial charge in [0.05, 0.1) is 12.5 Å². The van der Waals surface area contributed by atoms with Crippen LogP contribution in [0.4, 0.5) is 0 Å². The molecule has 1 unspecified atom stereocenters. The van der Waals surface area contributed by atoms with Crippen molar-refractivity contribution in [3.63, 3.8) is 0 Å². The average molecular weight is 387 g/mol. The zero-order valence-corrected chi connectivity index (χ0v) is 16.4. The second-order valence-corrected chi connectivity index (χ2v) is 7.27. The van der Waals surface area contributed by atoms with E-state index in [1.807, 2.05) is 6.07 Å². The molecule has 0 saturated heterocycles. The lowest BCUT2D eigenvalue weighted by Gasteiger charge is -2.22. The number of imidazole rings is 1. The minimum Gasteiger partial charge on any atom is -0.459 e. The molecule has 0 saturated carbocycles. The molecule has 2 amide bonds. The largest absolute Gasteiger partial charge is 0.459 e.